The van der Waals surface area contributed by atoms with Gasteiger partial charge in [-0.25, -0.2) is 4.39 Å². The van der Waals surface area contributed by atoms with Gasteiger partial charge in [-0.1, -0.05) is 35.3 Å². The van der Waals surface area contributed by atoms with E-state index in [2.05, 4.69) is 0 Å². The molecule has 1 atom stereocenters. The van der Waals surface area contributed by atoms with Crippen molar-refractivity contribution in [3.63, 3.8) is 0 Å². The Morgan fingerprint density at radius 1 is 1.12 bits per heavy atom. The highest BCUT2D eigenvalue weighted by Gasteiger charge is 2.53. The second kappa shape index (κ2) is 6.84. The molecule has 0 spiro atoms. The third-order valence-electron chi connectivity index (χ3n) is 5.17. The Balaban J connectivity index is 1.54. The maximum absolute atomic E-state index is 13.2. The molecule has 0 N–H and O–H groups in total. The maximum atomic E-state index is 13.2. The van der Waals surface area contributed by atoms with Crippen LogP contribution in [-0.2, 0) is 14.9 Å². The van der Waals surface area contributed by atoms with Gasteiger partial charge in [-0.15, -0.1) is 0 Å². The van der Waals surface area contributed by atoms with Crippen LogP contribution < -0.4 is 0 Å². The zero-order valence-corrected chi connectivity index (χ0v) is 15.6. The average molecular weight is 394 g/mol. The van der Waals surface area contributed by atoms with Crippen LogP contribution in [0.1, 0.15) is 30.1 Å². The minimum Gasteiger partial charge on any atom is -0.370 e. The number of nitrogens with zero attached hydrogens (tertiary/aromatic N) is 1. The Morgan fingerprint density at radius 2 is 1.77 bits per heavy atom. The van der Waals surface area contributed by atoms with Gasteiger partial charge in [0, 0.05) is 16.6 Å². The molecule has 1 amide bonds. The van der Waals surface area contributed by atoms with Crippen LogP contribution in [0.5, 0.6) is 0 Å². The summed E-state index contributed by atoms with van der Waals surface area (Å²) in [6.07, 6.45) is 1.33. The van der Waals surface area contributed by atoms with E-state index in [1.54, 1.807) is 18.2 Å². The van der Waals surface area contributed by atoms with Gasteiger partial charge in [0.1, 0.15) is 11.9 Å². The third kappa shape index (κ3) is 3.34. The third-order valence-corrected chi connectivity index (χ3v) is 5.60. The molecule has 136 valence electrons. The number of morpholine rings is 1. The number of amides is 1. The summed E-state index contributed by atoms with van der Waals surface area (Å²) < 4.78 is 19.1. The van der Waals surface area contributed by atoms with Crippen molar-refractivity contribution >= 4 is 29.1 Å². The van der Waals surface area contributed by atoms with E-state index in [1.165, 1.54) is 12.1 Å². The lowest BCUT2D eigenvalue weighted by Crippen LogP contribution is -2.46. The number of ether oxygens (including phenoxy) is 1. The summed E-state index contributed by atoms with van der Waals surface area (Å²) in [5, 5.41) is 1.09. The van der Waals surface area contributed by atoms with Crippen LogP contribution in [0.25, 0.3) is 0 Å². The molecular formula is C20H18Cl2FNO2. The van der Waals surface area contributed by atoms with E-state index in [9.17, 15) is 9.18 Å². The first kappa shape index (κ1) is 17.8. The predicted octanol–water partition coefficient (Wildman–Crippen LogP) is 4.76. The van der Waals surface area contributed by atoms with Crippen LogP contribution in [0.4, 0.5) is 4.39 Å². The molecule has 2 aromatic carbocycles. The fourth-order valence-corrected chi connectivity index (χ4v) is 4.16. The number of benzene rings is 2. The molecule has 1 unspecified atom stereocenters. The van der Waals surface area contributed by atoms with Crippen molar-refractivity contribution < 1.29 is 13.9 Å². The monoisotopic (exact) mass is 393 g/mol. The first-order valence-corrected chi connectivity index (χ1v) is 9.36. The Morgan fingerprint density at radius 3 is 2.38 bits per heavy atom. The van der Waals surface area contributed by atoms with Gasteiger partial charge in [0.05, 0.1) is 18.6 Å². The molecule has 1 aliphatic carbocycles. The molecular weight excluding hydrogens is 376 g/mol. The number of carbonyl (C=O) groups is 1. The number of carbonyl (C=O) groups excluding carboxylic acids is 1. The Hall–Kier alpha value is -1.62. The van der Waals surface area contributed by atoms with Gasteiger partial charge >= 0.3 is 0 Å². The highest BCUT2D eigenvalue weighted by Crippen LogP contribution is 2.50. The highest BCUT2D eigenvalue weighted by molar-refractivity contribution is 6.34. The normalized spacial score (nSPS) is 21.5. The van der Waals surface area contributed by atoms with Crippen LogP contribution in [-0.4, -0.2) is 30.5 Å². The topological polar surface area (TPSA) is 29.5 Å². The van der Waals surface area contributed by atoms with Crippen LogP contribution in [0.2, 0.25) is 10.0 Å². The molecule has 1 saturated carbocycles. The molecule has 3 nitrogen and oxygen atoms in total. The van der Waals surface area contributed by atoms with E-state index in [0.29, 0.717) is 29.7 Å². The van der Waals surface area contributed by atoms with Crippen molar-refractivity contribution in [3.05, 3.63) is 69.5 Å². The van der Waals surface area contributed by atoms with E-state index in [0.717, 1.165) is 24.0 Å². The smallest absolute Gasteiger partial charge is 0.233 e. The standard InChI is InChI=1S/C20H18Cl2FNO2/c21-15-9-13(10-16(22)11-15)18-12-24(7-8-26-18)19(25)20(5-6-20)14-1-3-17(23)4-2-14/h1-4,9-11,18H,5-8,12H2. The number of hydrogen-bond donors (Lipinski definition) is 0. The first-order chi connectivity index (χ1) is 12.5. The fraction of sp³-hybridized carbons (Fsp3) is 0.350. The van der Waals surface area contributed by atoms with Gasteiger partial charge in [0.2, 0.25) is 5.91 Å². The zero-order valence-electron chi connectivity index (χ0n) is 14.1. The molecule has 1 saturated heterocycles. The number of rotatable bonds is 3. The van der Waals surface area contributed by atoms with E-state index >= 15 is 0 Å². The van der Waals surface area contributed by atoms with Gasteiger partial charge in [-0.3, -0.25) is 4.79 Å². The lowest BCUT2D eigenvalue weighted by atomic mass is 9.93. The Kier molecular flexibility index (Phi) is 4.68. The largest absolute Gasteiger partial charge is 0.370 e. The fourth-order valence-electron chi connectivity index (χ4n) is 3.62. The van der Waals surface area contributed by atoms with Crippen molar-refractivity contribution in [3.8, 4) is 0 Å². The Labute approximate surface area is 161 Å². The number of hydrogen-bond acceptors (Lipinski definition) is 2. The second-order valence-electron chi connectivity index (χ2n) is 6.90. The van der Waals surface area contributed by atoms with Crippen LogP contribution in [0.3, 0.4) is 0 Å². The second-order valence-corrected chi connectivity index (χ2v) is 7.78. The Bertz CT molecular complexity index is 816. The minimum absolute atomic E-state index is 0.0885. The predicted molar refractivity (Wildman–Crippen MR) is 99.0 cm³/mol. The molecule has 2 fully saturated rings. The van der Waals surface area contributed by atoms with Crippen molar-refractivity contribution in [2.24, 2.45) is 0 Å². The highest BCUT2D eigenvalue weighted by atomic mass is 35.5. The van der Waals surface area contributed by atoms with Gasteiger partial charge in [-0.05, 0) is 54.3 Å². The maximum Gasteiger partial charge on any atom is 0.233 e. The lowest BCUT2D eigenvalue weighted by molar-refractivity contribution is -0.141. The SMILES string of the molecule is O=C(N1CCOC(c2cc(Cl)cc(Cl)c2)C1)C1(c2ccc(F)cc2)CC1. The molecule has 0 radical (unpaired) electrons. The first-order valence-electron chi connectivity index (χ1n) is 8.61. The summed E-state index contributed by atoms with van der Waals surface area (Å²) in [6.45, 7) is 1.46. The van der Waals surface area contributed by atoms with E-state index in [1.807, 2.05) is 17.0 Å². The molecule has 2 aliphatic rings. The molecule has 0 aromatic heterocycles. The lowest BCUT2D eigenvalue weighted by Gasteiger charge is -2.35. The van der Waals surface area contributed by atoms with Gasteiger partial charge in [0.25, 0.3) is 0 Å². The quantitative estimate of drug-likeness (QED) is 0.751. The molecule has 4 rings (SSSR count). The van der Waals surface area contributed by atoms with E-state index < -0.39 is 5.41 Å². The molecule has 26 heavy (non-hydrogen) atoms. The van der Waals surface area contributed by atoms with E-state index in [4.69, 9.17) is 27.9 Å². The van der Waals surface area contributed by atoms with E-state index in [-0.39, 0.29) is 17.8 Å². The van der Waals surface area contributed by atoms with Crippen molar-refractivity contribution in [1.29, 1.82) is 0 Å². The van der Waals surface area contributed by atoms with Crippen molar-refractivity contribution in [2.45, 2.75) is 24.4 Å². The van der Waals surface area contributed by atoms with Crippen molar-refractivity contribution in [2.75, 3.05) is 19.7 Å². The molecule has 6 heteroatoms. The molecule has 1 heterocycles. The van der Waals surface area contributed by atoms with Gasteiger partial charge < -0.3 is 9.64 Å². The molecule has 2 aromatic rings. The summed E-state index contributed by atoms with van der Waals surface area (Å²) in [4.78, 5) is 15.0. The molecule has 0 bridgehead atoms. The molecule has 1 aliphatic heterocycles. The summed E-state index contributed by atoms with van der Waals surface area (Å²) in [7, 11) is 0. The summed E-state index contributed by atoms with van der Waals surface area (Å²) in [5.74, 6) is -0.202. The summed E-state index contributed by atoms with van der Waals surface area (Å²) >= 11 is 12.2. The number of halogens is 3. The zero-order chi connectivity index (χ0) is 18.3. The van der Waals surface area contributed by atoms with Crippen LogP contribution >= 0.6 is 23.2 Å². The van der Waals surface area contributed by atoms with Crippen LogP contribution in [0, 0.1) is 5.82 Å². The van der Waals surface area contributed by atoms with Crippen LogP contribution in [0.15, 0.2) is 42.5 Å². The summed E-state index contributed by atoms with van der Waals surface area (Å²) in [6, 6.07) is 11.6. The van der Waals surface area contributed by atoms with Gasteiger partial charge in [-0.2, -0.15) is 0 Å². The average Bonchev–Trinajstić information content (AvgIpc) is 3.43. The van der Waals surface area contributed by atoms with Gasteiger partial charge in [0.15, 0.2) is 0 Å². The minimum atomic E-state index is -0.512. The summed E-state index contributed by atoms with van der Waals surface area (Å²) in [5.41, 5.74) is 1.24. The van der Waals surface area contributed by atoms with Crippen molar-refractivity contribution in [1.82, 2.24) is 4.90 Å².